The lowest BCUT2D eigenvalue weighted by Crippen LogP contribution is -2.41. The molecule has 2 atom stereocenters. The molecule has 130 valence electrons. The van der Waals surface area contributed by atoms with Crippen LogP contribution in [0.4, 0.5) is 0 Å². The topological polar surface area (TPSA) is 47.9 Å². The van der Waals surface area contributed by atoms with E-state index >= 15 is 0 Å². The van der Waals surface area contributed by atoms with Crippen LogP contribution < -0.4 is 0 Å². The molecular formula is C20H27NO3. The van der Waals surface area contributed by atoms with E-state index in [0.29, 0.717) is 31.1 Å². The minimum absolute atomic E-state index is 0.101. The van der Waals surface area contributed by atoms with Crippen LogP contribution in [0.15, 0.2) is 53.8 Å². The van der Waals surface area contributed by atoms with Gasteiger partial charge in [0.1, 0.15) is 18.1 Å². The van der Waals surface area contributed by atoms with Crippen molar-refractivity contribution in [1.29, 1.82) is 0 Å². The maximum atomic E-state index is 13.0. The van der Waals surface area contributed by atoms with Gasteiger partial charge in [-0.3, -0.25) is 4.79 Å². The number of nitrogens with zero attached hydrogens (tertiary/aromatic N) is 1. The second-order valence-corrected chi connectivity index (χ2v) is 7.04. The average molecular weight is 329 g/mol. The molecule has 0 spiro atoms. The van der Waals surface area contributed by atoms with Crippen LogP contribution in [0, 0.1) is 11.3 Å². The van der Waals surface area contributed by atoms with E-state index in [1.807, 2.05) is 32.9 Å². The molecule has 1 heterocycles. The first-order valence-corrected chi connectivity index (χ1v) is 8.26. The molecule has 4 heteroatoms. The SMILES string of the molecule is C=CCCC(=O)[C@@]1(C)C(OC)=CC=C(C2=NC(C)(C)CO2)[C@H]1C=C. The van der Waals surface area contributed by atoms with Crippen LogP contribution in [0.25, 0.3) is 0 Å². The van der Waals surface area contributed by atoms with Gasteiger partial charge in [0.05, 0.1) is 18.1 Å². The summed E-state index contributed by atoms with van der Waals surface area (Å²) in [4.78, 5) is 17.6. The molecule has 2 aliphatic rings. The number of hydrogen-bond acceptors (Lipinski definition) is 4. The summed E-state index contributed by atoms with van der Waals surface area (Å²) in [6, 6.07) is 0. The number of Topliss-reactive ketones (excluding diaryl/α,β-unsaturated/α-hetero) is 1. The van der Waals surface area contributed by atoms with Gasteiger partial charge in [0.2, 0.25) is 5.90 Å². The number of hydrogen-bond donors (Lipinski definition) is 0. The number of methoxy groups -OCH3 is 1. The molecule has 0 amide bonds. The number of carbonyl (C=O) groups is 1. The zero-order chi connectivity index (χ0) is 18.0. The van der Waals surface area contributed by atoms with Crippen molar-refractivity contribution in [2.45, 2.75) is 39.2 Å². The van der Waals surface area contributed by atoms with E-state index < -0.39 is 5.41 Å². The quantitative estimate of drug-likeness (QED) is 0.663. The van der Waals surface area contributed by atoms with Crippen molar-refractivity contribution in [3.63, 3.8) is 0 Å². The molecule has 4 nitrogen and oxygen atoms in total. The third-order valence-electron chi connectivity index (χ3n) is 4.71. The van der Waals surface area contributed by atoms with E-state index in [-0.39, 0.29) is 17.2 Å². The fourth-order valence-corrected chi connectivity index (χ4v) is 3.29. The molecule has 0 saturated heterocycles. The predicted octanol–water partition coefficient (Wildman–Crippen LogP) is 4.01. The van der Waals surface area contributed by atoms with Crippen LogP contribution in [-0.4, -0.2) is 30.9 Å². The van der Waals surface area contributed by atoms with E-state index in [0.717, 1.165) is 5.57 Å². The lowest BCUT2D eigenvalue weighted by atomic mass is 9.65. The lowest BCUT2D eigenvalue weighted by molar-refractivity contribution is -0.129. The van der Waals surface area contributed by atoms with Gasteiger partial charge in [-0.1, -0.05) is 12.2 Å². The highest BCUT2D eigenvalue weighted by Gasteiger charge is 2.48. The van der Waals surface area contributed by atoms with Crippen LogP contribution in [0.1, 0.15) is 33.6 Å². The Morgan fingerprint density at radius 3 is 2.62 bits per heavy atom. The summed E-state index contributed by atoms with van der Waals surface area (Å²) in [7, 11) is 1.59. The largest absolute Gasteiger partial charge is 0.500 e. The van der Waals surface area contributed by atoms with Crippen LogP contribution in [-0.2, 0) is 14.3 Å². The van der Waals surface area contributed by atoms with Gasteiger partial charge in [0, 0.05) is 17.9 Å². The molecule has 0 N–H and O–H groups in total. The van der Waals surface area contributed by atoms with Gasteiger partial charge in [0.25, 0.3) is 0 Å². The predicted molar refractivity (Wildman–Crippen MR) is 96.9 cm³/mol. The van der Waals surface area contributed by atoms with Crippen LogP contribution in [0.3, 0.4) is 0 Å². The first kappa shape index (κ1) is 18.2. The van der Waals surface area contributed by atoms with Gasteiger partial charge in [-0.15, -0.1) is 13.2 Å². The Labute approximate surface area is 144 Å². The minimum atomic E-state index is -0.817. The smallest absolute Gasteiger partial charge is 0.213 e. The fourth-order valence-electron chi connectivity index (χ4n) is 3.29. The van der Waals surface area contributed by atoms with E-state index in [2.05, 4.69) is 18.2 Å². The van der Waals surface area contributed by atoms with Crippen LogP contribution >= 0.6 is 0 Å². The molecule has 0 aromatic heterocycles. The molecule has 0 saturated carbocycles. The number of rotatable bonds is 7. The van der Waals surface area contributed by atoms with Crippen molar-refractivity contribution in [2.24, 2.45) is 16.3 Å². The Morgan fingerprint density at radius 1 is 1.42 bits per heavy atom. The van der Waals surface area contributed by atoms with Gasteiger partial charge < -0.3 is 9.47 Å². The Morgan fingerprint density at radius 2 is 2.12 bits per heavy atom. The summed E-state index contributed by atoms with van der Waals surface area (Å²) in [5, 5.41) is 0. The fraction of sp³-hybridized carbons (Fsp3) is 0.500. The normalized spacial score (nSPS) is 28.2. The van der Waals surface area contributed by atoms with E-state index in [1.165, 1.54) is 0 Å². The number of ketones is 1. The van der Waals surface area contributed by atoms with E-state index in [4.69, 9.17) is 9.47 Å². The van der Waals surface area contributed by atoms with Crippen LogP contribution in [0.5, 0.6) is 0 Å². The molecule has 1 aliphatic heterocycles. The average Bonchev–Trinajstić information content (AvgIpc) is 2.91. The molecule has 0 aromatic carbocycles. The molecule has 0 fully saturated rings. The molecule has 0 unspecified atom stereocenters. The van der Waals surface area contributed by atoms with E-state index in [9.17, 15) is 4.79 Å². The lowest BCUT2D eigenvalue weighted by Gasteiger charge is -2.39. The van der Waals surface area contributed by atoms with Crippen molar-refractivity contribution >= 4 is 11.7 Å². The molecular weight excluding hydrogens is 302 g/mol. The third-order valence-corrected chi connectivity index (χ3v) is 4.71. The van der Waals surface area contributed by atoms with Crippen molar-refractivity contribution in [2.75, 3.05) is 13.7 Å². The number of aliphatic imine (C=N–C) groups is 1. The van der Waals surface area contributed by atoms with Gasteiger partial charge in [-0.2, -0.15) is 0 Å². The van der Waals surface area contributed by atoms with Crippen molar-refractivity contribution < 1.29 is 14.3 Å². The van der Waals surface area contributed by atoms with Gasteiger partial charge in [-0.05, 0) is 39.3 Å². The zero-order valence-corrected chi connectivity index (χ0v) is 15.1. The first-order valence-electron chi connectivity index (χ1n) is 8.26. The van der Waals surface area contributed by atoms with Crippen molar-refractivity contribution in [3.05, 3.63) is 48.8 Å². The summed E-state index contributed by atoms with van der Waals surface area (Å²) < 4.78 is 11.3. The van der Waals surface area contributed by atoms with Gasteiger partial charge in [-0.25, -0.2) is 4.99 Å². The standard InChI is InChI=1S/C20H27NO3/c1-7-9-10-16(22)20(5)15(8-2)14(11-12-17(20)23-6)18-21-19(3,4)13-24-18/h7-8,11-12,15H,1-2,9-10,13H2,3-6H3/t15-,20+/m1/s1. The zero-order valence-electron chi connectivity index (χ0n) is 15.1. The summed E-state index contributed by atoms with van der Waals surface area (Å²) >= 11 is 0. The molecule has 0 radical (unpaired) electrons. The number of allylic oxidation sites excluding steroid dienone is 5. The molecule has 0 bridgehead atoms. The monoisotopic (exact) mass is 329 g/mol. The highest BCUT2D eigenvalue weighted by molar-refractivity contribution is 5.99. The maximum absolute atomic E-state index is 13.0. The highest BCUT2D eigenvalue weighted by Crippen LogP contribution is 2.46. The first-order chi connectivity index (χ1) is 11.3. The van der Waals surface area contributed by atoms with Gasteiger partial charge >= 0.3 is 0 Å². The maximum Gasteiger partial charge on any atom is 0.213 e. The molecule has 24 heavy (non-hydrogen) atoms. The number of carbonyl (C=O) groups excluding carboxylic acids is 1. The molecule has 0 aromatic rings. The second-order valence-electron chi connectivity index (χ2n) is 7.04. The highest BCUT2D eigenvalue weighted by atomic mass is 16.5. The van der Waals surface area contributed by atoms with Gasteiger partial charge in [0.15, 0.2) is 0 Å². The van der Waals surface area contributed by atoms with Crippen molar-refractivity contribution in [1.82, 2.24) is 0 Å². The van der Waals surface area contributed by atoms with Crippen LogP contribution in [0.2, 0.25) is 0 Å². The summed E-state index contributed by atoms with van der Waals surface area (Å²) in [6.07, 6.45) is 8.37. The molecule has 2 rings (SSSR count). The molecule has 1 aliphatic carbocycles. The Kier molecular flexibility index (Phi) is 5.16. The Hall–Kier alpha value is -2.10. The second kappa shape index (κ2) is 6.80. The Bertz CT molecular complexity index is 639. The van der Waals surface area contributed by atoms with E-state index in [1.54, 1.807) is 19.3 Å². The minimum Gasteiger partial charge on any atom is -0.500 e. The summed E-state index contributed by atoms with van der Waals surface area (Å²) in [5.41, 5.74) is -0.190. The number of ether oxygens (including phenoxy) is 2. The summed E-state index contributed by atoms with van der Waals surface area (Å²) in [5.74, 6) is 1.09. The summed E-state index contributed by atoms with van der Waals surface area (Å²) in [6.45, 7) is 14.2. The third kappa shape index (κ3) is 3.10. The van der Waals surface area contributed by atoms with Crippen molar-refractivity contribution in [3.8, 4) is 0 Å². The Balaban J connectivity index is 2.47.